The van der Waals surface area contributed by atoms with Gasteiger partial charge >= 0.3 is 0 Å². The summed E-state index contributed by atoms with van der Waals surface area (Å²) in [5.41, 5.74) is 2.31. The summed E-state index contributed by atoms with van der Waals surface area (Å²) in [5.74, 6) is 0.565. The zero-order valence-electron chi connectivity index (χ0n) is 15.6. The largest absolute Gasteiger partial charge is 0.505 e. The summed E-state index contributed by atoms with van der Waals surface area (Å²) in [6, 6.07) is 11.6. The van der Waals surface area contributed by atoms with Crippen molar-refractivity contribution in [1.82, 2.24) is 5.32 Å². The van der Waals surface area contributed by atoms with Gasteiger partial charge in [0.15, 0.2) is 5.11 Å². The Labute approximate surface area is 160 Å². The van der Waals surface area contributed by atoms with E-state index in [1.807, 2.05) is 51.1 Å². The van der Waals surface area contributed by atoms with Crippen molar-refractivity contribution in [3.8, 4) is 11.5 Å². The molecular formula is C20H26N2O3S. The van der Waals surface area contributed by atoms with Gasteiger partial charge < -0.3 is 25.6 Å². The number of phenolic OH excluding ortho intramolecular Hbond substituents is 1. The van der Waals surface area contributed by atoms with Crippen molar-refractivity contribution >= 4 is 23.0 Å². The van der Waals surface area contributed by atoms with E-state index < -0.39 is 0 Å². The highest BCUT2D eigenvalue weighted by atomic mass is 32.1. The fraction of sp³-hybridized carbons (Fsp3) is 0.350. The van der Waals surface area contributed by atoms with Crippen molar-refractivity contribution in [1.29, 1.82) is 0 Å². The molecule has 0 amide bonds. The summed E-state index contributed by atoms with van der Waals surface area (Å²) in [7, 11) is 1.54. The molecule has 0 bridgehead atoms. The SMILES string of the molecule is COc1cc(C(C)(C)C)c(O)c(NC(=S)NCc2ccccc2)c1CO. The lowest BCUT2D eigenvalue weighted by Gasteiger charge is -2.25. The number of aromatic hydroxyl groups is 1. The molecule has 0 aliphatic heterocycles. The van der Waals surface area contributed by atoms with Gasteiger partial charge in [-0.3, -0.25) is 0 Å². The second-order valence-electron chi connectivity index (χ2n) is 7.03. The number of rotatable bonds is 5. The smallest absolute Gasteiger partial charge is 0.171 e. The van der Waals surface area contributed by atoms with Crippen molar-refractivity contribution in [2.75, 3.05) is 12.4 Å². The fourth-order valence-corrected chi connectivity index (χ4v) is 2.84. The first-order chi connectivity index (χ1) is 12.3. The molecule has 140 valence electrons. The Hall–Kier alpha value is -2.31. The number of phenols is 1. The third-order valence-corrected chi connectivity index (χ3v) is 4.33. The highest BCUT2D eigenvalue weighted by Crippen LogP contribution is 2.43. The maximum absolute atomic E-state index is 10.8. The van der Waals surface area contributed by atoms with Gasteiger partial charge in [-0.15, -0.1) is 0 Å². The van der Waals surface area contributed by atoms with Gasteiger partial charge in [0.25, 0.3) is 0 Å². The van der Waals surface area contributed by atoms with Crippen LogP contribution in [0.5, 0.6) is 11.5 Å². The molecule has 0 saturated carbocycles. The van der Waals surface area contributed by atoms with Crippen LogP contribution >= 0.6 is 12.2 Å². The van der Waals surface area contributed by atoms with Crippen LogP contribution in [0.25, 0.3) is 0 Å². The molecule has 26 heavy (non-hydrogen) atoms. The van der Waals surface area contributed by atoms with E-state index in [0.29, 0.717) is 34.2 Å². The molecule has 2 rings (SSSR count). The minimum Gasteiger partial charge on any atom is -0.505 e. The van der Waals surface area contributed by atoms with E-state index in [1.165, 1.54) is 7.11 Å². The number of methoxy groups -OCH3 is 1. The van der Waals surface area contributed by atoms with Crippen LogP contribution in [0.15, 0.2) is 36.4 Å². The molecular weight excluding hydrogens is 348 g/mol. The van der Waals surface area contributed by atoms with Crippen LogP contribution in [0.1, 0.15) is 37.5 Å². The summed E-state index contributed by atoms with van der Waals surface area (Å²) in [4.78, 5) is 0. The molecule has 0 heterocycles. The summed E-state index contributed by atoms with van der Waals surface area (Å²) in [6.07, 6.45) is 0. The van der Waals surface area contributed by atoms with Crippen molar-refractivity contribution in [3.05, 3.63) is 53.1 Å². The van der Waals surface area contributed by atoms with Gasteiger partial charge in [0, 0.05) is 17.7 Å². The number of aliphatic hydroxyl groups is 1. The Bertz CT molecular complexity index is 771. The molecule has 2 aromatic rings. The quantitative estimate of drug-likeness (QED) is 0.473. The van der Waals surface area contributed by atoms with Crippen LogP contribution in [-0.2, 0) is 18.6 Å². The summed E-state index contributed by atoms with van der Waals surface area (Å²) in [6.45, 7) is 6.25. The minimum atomic E-state index is -0.305. The number of hydrogen-bond donors (Lipinski definition) is 4. The van der Waals surface area contributed by atoms with E-state index in [1.54, 1.807) is 6.07 Å². The lowest BCUT2D eigenvalue weighted by Crippen LogP contribution is -2.28. The number of thiocarbonyl (C=S) groups is 1. The number of nitrogens with one attached hydrogen (secondary N) is 2. The third-order valence-electron chi connectivity index (χ3n) is 4.09. The van der Waals surface area contributed by atoms with Gasteiger partial charge in [-0.1, -0.05) is 51.1 Å². The predicted molar refractivity (Wildman–Crippen MR) is 109 cm³/mol. The first kappa shape index (κ1) is 20.0. The summed E-state index contributed by atoms with van der Waals surface area (Å²) in [5, 5.41) is 27.0. The molecule has 0 fully saturated rings. The highest BCUT2D eigenvalue weighted by Gasteiger charge is 2.25. The molecule has 0 atom stereocenters. The van der Waals surface area contributed by atoms with E-state index in [4.69, 9.17) is 17.0 Å². The molecule has 4 N–H and O–H groups in total. The topological polar surface area (TPSA) is 73.8 Å². The second-order valence-corrected chi connectivity index (χ2v) is 7.44. The lowest BCUT2D eigenvalue weighted by molar-refractivity contribution is 0.273. The number of ether oxygens (including phenoxy) is 1. The second kappa shape index (κ2) is 8.38. The number of aliphatic hydroxyl groups excluding tert-OH is 1. The molecule has 0 saturated heterocycles. The average molecular weight is 375 g/mol. The molecule has 0 aliphatic carbocycles. The Kier molecular flexibility index (Phi) is 6.45. The van der Waals surface area contributed by atoms with E-state index in [2.05, 4.69) is 10.6 Å². The van der Waals surface area contributed by atoms with Gasteiger partial charge in [-0.2, -0.15) is 0 Å². The minimum absolute atomic E-state index is 0.0613. The standard InChI is InChI=1S/C20H26N2O3S/c1-20(2,3)15-10-16(25-4)14(12-23)17(18(15)24)22-19(26)21-11-13-8-6-5-7-9-13/h5-10,23-24H,11-12H2,1-4H3,(H2,21,22,26). The number of benzene rings is 2. The molecule has 0 aliphatic rings. The first-order valence-corrected chi connectivity index (χ1v) is 8.81. The maximum atomic E-state index is 10.8. The highest BCUT2D eigenvalue weighted by molar-refractivity contribution is 7.80. The Morgan fingerprint density at radius 2 is 1.85 bits per heavy atom. The molecule has 0 spiro atoms. The monoisotopic (exact) mass is 374 g/mol. The van der Waals surface area contributed by atoms with Gasteiger partial charge in [0.05, 0.1) is 19.4 Å². The molecule has 6 heteroatoms. The van der Waals surface area contributed by atoms with E-state index >= 15 is 0 Å². The van der Waals surface area contributed by atoms with Crippen LogP contribution in [0, 0.1) is 0 Å². The summed E-state index contributed by atoms with van der Waals surface area (Å²) >= 11 is 5.36. The molecule has 0 aromatic heterocycles. The van der Waals surface area contributed by atoms with E-state index in [9.17, 15) is 10.2 Å². The van der Waals surface area contributed by atoms with Gasteiger partial charge in [-0.05, 0) is 29.3 Å². The third kappa shape index (κ3) is 4.65. The zero-order chi connectivity index (χ0) is 19.3. The molecule has 2 aromatic carbocycles. The predicted octanol–water partition coefficient (Wildman–Crippen LogP) is 3.68. The maximum Gasteiger partial charge on any atom is 0.171 e. The zero-order valence-corrected chi connectivity index (χ0v) is 16.4. The molecule has 0 unspecified atom stereocenters. The number of anilines is 1. The Balaban J connectivity index is 2.30. The molecule has 5 nitrogen and oxygen atoms in total. The van der Waals surface area contributed by atoms with Gasteiger partial charge in [0.1, 0.15) is 11.5 Å². The van der Waals surface area contributed by atoms with Crippen LogP contribution < -0.4 is 15.4 Å². The Morgan fingerprint density at radius 1 is 1.19 bits per heavy atom. The van der Waals surface area contributed by atoms with Crippen molar-refractivity contribution in [2.24, 2.45) is 0 Å². The van der Waals surface area contributed by atoms with E-state index in [0.717, 1.165) is 5.56 Å². The first-order valence-electron chi connectivity index (χ1n) is 8.41. The Morgan fingerprint density at radius 3 is 2.38 bits per heavy atom. The van der Waals surface area contributed by atoms with Crippen molar-refractivity contribution in [3.63, 3.8) is 0 Å². The molecule has 0 radical (unpaired) electrons. The van der Waals surface area contributed by atoms with Crippen molar-refractivity contribution in [2.45, 2.75) is 39.3 Å². The fourth-order valence-electron chi connectivity index (χ4n) is 2.67. The van der Waals surface area contributed by atoms with Gasteiger partial charge in [0.2, 0.25) is 0 Å². The van der Waals surface area contributed by atoms with E-state index in [-0.39, 0.29) is 17.8 Å². The van der Waals surface area contributed by atoms with Crippen LogP contribution in [0.4, 0.5) is 5.69 Å². The van der Waals surface area contributed by atoms with Crippen LogP contribution in [-0.4, -0.2) is 22.4 Å². The normalized spacial score (nSPS) is 11.1. The summed E-state index contributed by atoms with van der Waals surface area (Å²) < 4.78 is 5.40. The number of hydrogen-bond acceptors (Lipinski definition) is 4. The average Bonchev–Trinajstić information content (AvgIpc) is 2.61. The van der Waals surface area contributed by atoms with Gasteiger partial charge in [-0.25, -0.2) is 0 Å². The van der Waals surface area contributed by atoms with Crippen LogP contribution in [0.3, 0.4) is 0 Å². The van der Waals surface area contributed by atoms with Crippen molar-refractivity contribution < 1.29 is 14.9 Å². The van der Waals surface area contributed by atoms with Crippen LogP contribution in [0.2, 0.25) is 0 Å². The lowest BCUT2D eigenvalue weighted by atomic mass is 9.85.